The number of halogens is 1. The largest absolute Gasteiger partial charge is 0.280 e. The summed E-state index contributed by atoms with van der Waals surface area (Å²) in [7, 11) is -7.57. The normalized spacial score (nSPS) is 15.2. The van der Waals surface area contributed by atoms with E-state index in [0.29, 0.717) is 5.69 Å². The highest BCUT2D eigenvalue weighted by molar-refractivity contribution is 14.1. The van der Waals surface area contributed by atoms with Gasteiger partial charge in [-0.15, -0.1) is 0 Å². The Morgan fingerprint density at radius 1 is 0.875 bits per heavy atom. The first-order valence-corrected chi connectivity index (χ1v) is 11.2. The summed E-state index contributed by atoms with van der Waals surface area (Å²) in [5, 5.41) is 0. The SMILES string of the molecule is O=S(=O)(Nc1ccc(I)cc1)c1cccc(S(=O)(=O)NC2CC2)c1. The summed E-state index contributed by atoms with van der Waals surface area (Å²) in [6.45, 7) is 0. The van der Waals surface area contributed by atoms with Crippen LogP contribution in [-0.4, -0.2) is 22.9 Å². The average molecular weight is 478 g/mol. The summed E-state index contributed by atoms with van der Waals surface area (Å²) in [5.74, 6) is 0. The molecule has 6 nitrogen and oxygen atoms in total. The summed E-state index contributed by atoms with van der Waals surface area (Å²) < 4.78 is 55.4. The zero-order valence-corrected chi connectivity index (χ0v) is 16.2. The minimum absolute atomic E-state index is 0.0415. The van der Waals surface area contributed by atoms with Crippen molar-refractivity contribution in [3.05, 3.63) is 52.1 Å². The Kier molecular flexibility index (Phi) is 4.87. The van der Waals surface area contributed by atoms with Gasteiger partial charge in [0.25, 0.3) is 10.0 Å². The number of hydrogen-bond donors (Lipinski definition) is 2. The summed E-state index contributed by atoms with van der Waals surface area (Å²) in [4.78, 5) is -0.153. The van der Waals surface area contributed by atoms with Crippen molar-refractivity contribution in [1.29, 1.82) is 0 Å². The first kappa shape index (κ1) is 17.6. The molecule has 9 heteroatoms. The lowest BCUT2D eigenvalue weighted by Crippen LogP contribution is -2.26. The Bertz CT molecular complexity index is 953. The van der Waals surface area contributed by atoms with E-state index in [2.05, 4.69) is 32.0 Å². The molecule has 1 aliphatic carbocycles. The number of anilines is 1. The molecule has 2 aromatic rings. The van der Waals surface area contributed by atoms with Crippen molar-refractivity contribution in [2.75, 3.05) is 4.72 Å². The Balaban J connectivity index is 1.88. The van der Waals surface area contributed by atoms with Gasteiger partial charge in [0.2, 0.25) is 10.0 Å². The van der Waals surface area contributed by atoms with E-state index in [0.717, 1.165) is 16.4 Å². The van der Waals surface area contributed by atoms with E-state index in [-0.39, 0.29) is 15.8 Å². The van der Waals surface area contributed by atoms with Crippen LogP contribution in [0.3, 0.4) is 0 Å². The number of hydrogen-bond acceptors (Lipinski definition) is 4. The smallest absolute Gasteiger partial charge is 0.261 e. The average Bonchev–Trinajstić information content (AvgIpc) is 3.33. The molecule has 2 aromatic carbocycles. The van der Waals surface area contributed by atoms with E-state index < -0.39 is 20.0 Å². The number of rotatable bonds is 6. The Labute approximate surface area is 154 Å². The van der Waals surface area contributed by atoms with Gasteiger partial charge in [0.1, 0.15) is 0 Å². The van der Waals surface area contributed by atoms with Crippen molar-refractivity contribution in [2.24, 2.45) is 0 Å². The van der Waals surface area contributed by atoms with Crippen LogP contribution in [0, 0.1) is 3.57 Å². The van der Waals surface area contributed by atoms with Gasteiger partial charge in [-0.25, -0.2) is 21.6 Å². The fraction of sp³-hybridized carbons (Fsp3) is 0.200. The third kappa shape index (κ3) is 4.26. The minimum atomic E-state index is -3.87. The highest BCUT2D eigenvalue weighted by Gasteiger charge is 2.28. The molecule has 0 saturated heterocycles. The van der Waals surface area contributed by atoms with Crippen LogP contribution in [0.15, 0.2) is 58.3 Å². The standard InChI is InChI=1S/C15H15IN2O4S2/c16-11-4-6-12(7-5-11)17-23(19,20)14-2-1-3-15(10-14)24(21,22)18-13-8-9-13/h1-7,10,13,17-18H,8-9H2. The van der Waals surface area contributed by atoms with Crippen molar-refractivity contribution < 1.29 is 16.8 Å². The van der Waals surface area contributed by atoms with E-state index >= 15 is 0 Å². The molecule has 0 spiro atoms. The van der Waals surface area contributed by atoms with Gasteiger partial charge in [0, 0.05) is 15.3 Å². The molecule has 24 heavy (non-hydrogen) atoms. The monoisotopic (exact) mass is 478 g/mol. The van der Waals surface area contributed by atoms with Crippen molar-refractivity contribution in [2.45, 2.75) is 28.7 Å². The predicted molar refractivity (Wildman–Crippen MR) is 99.8 cm³/mol. The van der Waals surface area contributed by atoms with Crippen LogP contribution in [0.25, 0.3) is 0 Å². The first-order chi connectivity index (χ1) is 11.3. The highest BCUT2D eigenvalue weighted by atomic mass is 127. The molecule has 2 N–H and O–H groups in total. The Morgan fingerprint density at radius 2 is 1.46 bits per heavy atom. The number of benzene rings is 2. The van der Waals surface area contributed by atoms with Gasteiger partial charge in [0.15, 0.2) is 0 Å². The molecule has 0 radical (unpaired) electrons. The molecule has 0 atom stereocenters. The van der Waals surface area contributed by atoms with Crippen LogP contribution in [0.1, 0.15) is 12.8 Å². The summed E-state index contributed by atoms with van der Waals surface area (Å²) >= 11 is 2.12. The molecule has 1 aliphatic rings. The third-order valence-corrected chi connectivity index (χ3v) is 7.04. The molecule has 0 bridgehead atoms. The van der Waals surface area contributed by atoms with Gasteiger partial charge >= 0.3 is 0 Å². The first-order valence-electron chi connectivity index (χ1n) is 7.17. The number of sulfonamides is 2. The van der Waals surface area contributed by atoms with Crippen molar-refractivity contribution in [3.63, 3.8) is 0 Å². The van der Waals surface area contributed by atoms with Gasteiger partial charge in [-0.1, -0.05) is 6.07 Å². The molecular formula is C15H15IN2O4S2. The van der Waals surface area contributed by atoms with Gasteiger partial charge in [-0.2, -0.15) is 0 Å². The molecule has 1 saturated carbocycles. The van der Waals surface area contributed by atoms with Crippen molar-refractivity contribution in [3.8, 4) is 0 Å². The van der Waals surface area contributed by atoms with E-state index in [1.807, 2.05) is 0 Å². The van der Waals surface area contributed by atoms with E-state index in [4.69, 9.17) is 0 Å². The second kappa shape index (κ2) is 6.62. The molecule has 0 amide bonds. The second-order valence-electron chi connectivity index (χ2n) is 5.48. The van der Waals surface area contributed by atoms with Crippen LogP contribution >= 0.6 is 22.6 Å². The predicted octanol–water partition coefficient (Wildman–Crippen LogP) is 2.53. The molecule has 1 fully saturated rings. The molecular weight excluding hydrogens is 463 g/mol. The molecule has 0 unspecified atom stereocenters. The van der Waals surface area contributed by atoms with Crippen molar-refractivity contribution in [1.82, 2.24) is 4.72 Å². The third-order valence-electron chi connectivity index (χ3n) is 3.42. The fourth-order valence-electron chi connectivity index (χ4n) is 2.03. The lowest BCUT2D eigenvalue weighted by molar-refractivity contribution is 0.580. The van der Waals surface area contributed by atoms with Gasteiger partial charge < -0.3 is 0 Å². The molecule has 128 valence electrons. The highest BCUT2D eigenvalue weighted by Crippen LogP contribution is 2.24. The lowest BCUT2D eigenvalue weighted by Gasteiger charge is -2.10. The van der Waals surface area contributed by atoms with E-state index in [9.17, 15) is 16.8 Å². The molecule has 0 aliphatic heterocycles. The maximum Gasteiger partial charge on any atom is 0.261 e. The van der Waals surface area contributed by atoms with Crippen LogP contribution in [0.2, 0.25) is 0 Å². The second-order valence-corrected chi connectivity index (χ2v) is 10.1. The van der Waals surface area contributed by atoms with Gasteiger partial charge in [-0.05, 0) is 77.9 Å². The zero-order chi connectivity index (χ0) is 17.4. The number of nitrogens with one attached hydrogen (secondary N) is 2. The summed E-state index contributed by atoms with van der Waals surface area (Å²) in [5.41, 5.74) is 0.416. The fourth-order valence-corrected chi connectivity index (χ4v) is 4.92. The topological polar surface area (TPSA) is 92.3 Å². The van der Waals surface area contributed by atoms with Crippen LogP contribution in [0.4, 0.5) is 5.69 Å². The Morgan fingerprint density at radius 3 is 2.04 bits per heavy atom. The van der Waals surface area contributed by atoms with Crippen LogP contribution in [0.5, 0.6) is 0 Å². The van der Waals surface area contributed by atoms with Crippen molar-refractivity contribution >= 4 is 48.3 Å². The van der Waals surface area contributed by atoms with Crippen LogP contribution < -0.4 is 9.44 Å². The molecule has 0 aromatic heterocycles. The quantitative estimate of drug-likeness (QED) is 0.625. The summed E-state index contributed by atoms with van der Waals surface area (Å²) in [6.07, 6.45) is 1.62. The summed E-state index contributed by atoms with van der Waals surface area (Å²) in [6, 6.07) is 12.1. The molecule has 0 heterocycles. The van der Waals surface area contributed by atoms with Crippen LogP contribution in [-0.2, 0) is 20.0 Å². The maximum absolute atomic E-state index is 12.5. The maximum atomic E-state index is 12.5. The van der Waals surface area contributed by atoms with Gasteiger partial charge in [-0.3, -0.25) is 4.72 Å². The molecule has 3 rings (SSSR count). The lowest BCUT2D eigenvalue weighted by atomic mass is 10.3. The van der Waals surface area contributed by atoms with Gasteiger partial charge in [0.05, 0.1) is 9.79 Å². The van der Waals surface area contributed by atoms with E-state index in [1.54, 1.807) is 24.3 Å². The Hall–Kier alpha value is -1.17. The minimum Gasteiger partial charge on any atom is -0.280 e. The van der Waals surface area contributed by atoms with E-state index in [1.165, 1.54) is 24.3 Å². The zero-order valence-electron chi connectivity index (χ0n) is 12.4.